The zero-order chi connectivity index (χ0) is 15.2. The Kier molecular flexibility index (Phi) is 6.07. The standard InChI is InChI=1S/C18H30N2O/c1-5-6-13-20(16-9-10-16)14(2)18(19-3)15-7-11-17(21-4)12-8-15/h7-8,11-12,14,16,18-19H,5-6,9-10,13H2,1-4H3. The zero-order valence-electron chi connectivity index (χ0n) is 13.9. The average Bonchev–Trinajstić information content (AvgIpc) is 3.34. The highest BCUT2D eigenvalue weighted by atomic mass is 16.5. The van der Waals surface area contributed by atoms with Gasteiger partial charge < -0.3 is 10.1 Å². The molecule has 3 nitrogen and oxygen atoms in total. The fourth-order valence-electron chi connectivity index (χ4n) is 3.15. The van der Waals surface area contributed by atoms with Gasteiger partial charge in [-0.1, -0.05) is 25.5 Å². The molecular formula is C18H30N2O. The molecule has 0 bridgehead atoms. The number of nitrogens with zero attached hydrogens (tertiary/aromatic N) is 1. The SMILES string of the molecule is CCCCN(C1CC1)C(C)C(NC)c1ccc(OC)cc1. The Balaban J connectivity index is 2.09. The van der Waals surface area contributed by atoms with E-state index in [2.05, 4.69) is 55.4 Å². The number of methoxy groups -OCH3 is 1. The monoisotopic (exact) mass is 290 g/mol. The first-order valence-corrected chi connectivity index (χ1v) is 8.28. The molecule has 1 N–H and O–H groups in total. The van der Waals surface area contributed by atoms with Crippen molar-refractivity contribution in [3.05, 3.63) is 29.8 Å². The van der Waals surface area contributed by atoms with E-state index in [-0.39, 0.29) is 0 Å². The Morgan fingerprint density at radius 1 is 1.29 bits per heavy atom. The summed E-state index contributed by atoms with van der Waals surface area (Å²) in [6.07, 6.45) is 5.29. The lowest BCUT2D eigenvalue weighted by Gasteiger charge is -2.35. The minimum Gasteiger partial charge on any atom is -0.497 e. The van der Waals surface area contributed by atoms with Crippen LogP contribution in [-0.4, -0.2) is 37.7 Å². The molecule has 2 unspecified atom stereocenters. The van der Waals surface area contributed by atoms with Crippen LogP contribution in [0, 0.1) is 0 Å². The molecule has 0 heterocycles. The molecule has 21 heavy (non-hydrogen) atoms. The van der Waals surface area contributed by atoms with Crippen LogP contribution in [0.2, 0.25) is 0 Å². The highest BCUT2D eigenvalue weighted by Crippen LogP contribution is 2.33. The number of nitrogens with one attached hydrogen (secondary N) is 1. The van der Waals surface area contributed by atoms with E-state index in [0.717, 1.165) is 11.8 Å². The normalized spacial score (nSPS) is 17.8. The van der Waals surface area contributed by atoms with Crippen molar-refractivity contribution in [2.75, 3.05) is 20.7 Å². The maximum Gasteiger partial charge on any atom is 0.118 e. The highest BCUT2D eigenvalue weighted by Gasteiger charge is 2.34. The van der Waals surface area contributed by atoms with Crippen molar-refractivity contribution in [1.29, 1.82) is 0 Å². The van der Waals surface area contributed by atoms with Gasteiger partial charge >= 0.3 is 0 Å². The van der Waals surface area contributed by atoms with Gasteiger partial charge in [0.25, 0.3) is 0 Å². The van der Waals surface area contributed by atoms with Crippen LogP contribution >= 0.6 is 0 Å². The summed E-state index contributed by atoms with van der Waals surface area (Å²) in [5.74, 6) is 0.922. The van der Waals surface area contributed by atoms with Crippen LogP contribution in [0.15, 0.2) is 24.3 Å². The van der Waals surface area contributed by atoms with E-state index in [1.54, 1.807) is 7.11 Å². The van der Waals surface area contributed by atoms with E-state index in [0.29, 0.717) is 12.1 Å². The van der Waals surface area contributed by atoms with Gasteiger partial charge in [0.2, 0.25) is 0 Å². The minimum absolute atomic E-state index is 0.369. The van der Waals surface area contributed by atoms with Gasteiger partial charge in [0, 0.05) is 18.1 Å². The van der Waals surface area contributed by atoms with Crippen molar-refractivity contribution in [3.63, 3.8) is 0 Å². The van der Waals surface area contributed by atoms with Crippen molar-refractivity contribution in [1.82, 2.24) is 10.2 Å². The van der Waals surface area contributed by atoms with E-state index in [1.165, 1.54) is 37.8 Å². The third kappa shape index (κ3) is 4.21. The molecule has 0 amide bonds. The van der Waals surface area contributed by atoms with Gasteiger partial charge in [0.15, 0.2) is 0 Å². The van der Waals surface area contributed by atoms with E-state index < -0.39 is 0 Å². The van der Waals surface area contributed by atoms with Crippen LogP contribution < -0.4 is 10.1 Å². The summed E-state index contributed by atoms with van der Waals surface area (Å²) in [6, 6.07) is 10.2. The lowest BCUT2D eigenvalue weighted by Crippen LogP contribution is -2.43. The lowest BCUT2D eigenvalue weighted by molar-refractivity contribution is 0.160. The van der Waals surface area contributed by atoms with Crippen molar-refractivity contribution < 1.29 is 4.74 Å². The first kappa shape index (κ1) is 16.3. The van der Waals surface area contributed by atoms with Gasteiger partial charge in [-0.3, -0.25) is 4.90 Å². The third-order valence-corrected chi connectivity index (χ3v) is 4.58. The predicted molar refractivity (Wildman–Crippen MR) is 88.9 cm³/mol. The molecule has 2 atom stereocenters. The molecule has 0 radical (unpaired) electrons. The Morgan fingerprint density at radius 2 is 1.95 bits per heavy atom. The summed E-state index contributed by atoms with van der Waals surface area (Å²) >= 11 is 0. The van der Waals surface area contributed by atoms with Gasteiger partial charge in [0.05, 0.1) is 7.11 Å². The summed E-state index contributed by atoms with van der Waals surface area (Å²) < 4.78 is 5.26. The van der Waals surface area contributed by atoms with E-state index >= 15 is 0 Å². The van der Waals surface area contributed by atoms with Crippen LogP contribution in [0.1, 0.15) is 51.1 Å². The Bertz CT molecular complexity index is 414. The molecule has 118 valence electrons. The Hall–Kier alpha value is -1.06. The first-order valence-electron chi connectivity index (χ1n) is 8.28. The second-order valence-corrected chi connectivity index (χ2v) is 6.10. The molecule has 1 saturated carbocycles. The summed E-state index contributed by atoms with van der Waals surface area (Å²) in [5, 5.41) is 3.51. The number of unbranched alkanes of at least 4 members (excludes halogenated alkanes) is 1. The van der Waals surface area contributed by atoms with E-state index in [9.17, 15) is 0 Å². The van der Waals surface area contributed by atoms with Gasteiger partial charge in [-0.2, -0.15) is 0 Å². The quantitative estimate of drug-likeness (QED) is 0.752. The number of ether oxygens (including phenoxy) is 1. The largest absolute Gasteiger partial charge is 0.497 e. The molecule has 1 aromatic carbocycles. The molecule has 1 aromatic rings. The Morgan fingerprint density at radius 3 is 2.43 bits per heavy atom. The molecule has 1 aliphatic rings. The summed E-state index contributed by atoms with van der Waals surface area (Å²) in [4.78, 5) is 2.70. The molecule has 1 aliphatic carbocycles. The smallest absolute Gasteiger partial charge is 0.118 e. The second-order valence-electron chi connectivity index (χ2n) is 6.10. The van der Waals surface area contributed by atoms with Crippen molar-refractivity contribution >= 4 is 0 Å². The molecule has 3 heteroatoms. The number of benzene rings is 1. The fraction of sp³-hybridized carbons (Fsp3) is 0.667. The maximum absolute atomic E-state index is 5.26. The van der Waals surface area contributed by atoms with Crippen LogP contribution in [-0.2, 0) is 0 Å². The fourth-order valence-corrected chi connectivity index (χ4v) is 3.15. The molecule has 0 spiro atoms. The second kappa shape index (κ2) is 7.81. The minimum atomic E-state index is 0.369. The van der Waals surface area contributed by atoms with Gasteiger partial charge in [0.1, 0.15) is 5.75 Å². The van der Waals surface area contributed by atoms with Gasteiger partial charge in [-0.25, -0.2) is 0 Å². The summed E-state index contributed by atoms with van der Waals surface area (Å²) in [5.41, 5.74) is 1.34. The van der Waals surface area contributed by atoms with Crippen molar-refractivity contribution in [2.45, 2.75) is 57.7 Å². The van der Waals surface area contributed by atoms with Crippen LogP contribution in [0.3, 0.4) is 0 Å². The average molecular weight is 290 g/mol. The molecule has 0 aromatic heterocycles. The van der Waals surface area contributed by atoms with Crippen LogP contribution in [0.25, 0.3) is 0 Å². The summed E-state index contributed by atoms with van der Waals surface area (Å²) in [7, 11) is 3.78. The number of hydrogen-bond acceptors (Lipinski definition) is 3. The van der Waals surface area contributed by atoms with E-state index in [1.807, 2.05) is 0 Å². The Labute approximate surface area is 129 Å². The lowest BCUT2D eigenvalue weighted by atomic mass is 9.98. The first-order chi connectivity index (χ1) is 10.2. The van der Waals surface area contributed by atoms with Gasteiger partial charge in [-0.15, -0.1) is 0 Å². The molecule has 0 saturated heterocycles. The van der Waals surface area contributed by atoms with Crippen LogP contribution in [0.4, 0.5) is 0 Å². The zero-order valence-corrected chi connectivity index (χ0v) is 13.9. The van der Waals surface area contributed by atoms with Crippen LogP contribution in [0.5, 0.6) is 5.75 Å². The topological polar surface area (TPSA) is 24.5 Å². The molecule has 0 aliphatic heterocycles. The highest BCUT2D eigenvalue weighted by molar-refractivity contribution is 5.30. The summed E-state index contributed by atoms with van der Waals surface area (Å²) in [6.45, 7) is 5.85. The third-order valence-electron chi connectivity index (χ3n) is 4.58. The van der Waals surface area contributed by atoms with Gasteiger partial charge in [-0.05, 0) is 57.5 Å². The number of likely N-dealkylation sites (N-methyl/N-ethyl adjacent to an activating group) is 1. The van der Waals surface area contributed by atoms with Crippen molar-refractivity contribution in [2.24, 2.45) is 0 Å². The van der Waals surface area contributed by atoms with E-state index in [4.69, 9.17) is 4.74 Å². The molecular weight excluding hydrogens is 260 g/mol. The number of hydrogen-bond donors (Lipinski definition) is 1. The molecule has 1 fully saturated rings. The molecule has 2 rings (SSSR count). The van der Waals surface area contributed by atoms with Crippen molar-refractivity contribution in [3.8, 4) is 5.75 Å². The predicted octanol–water partition coefficient (Wildman–Crippen LogP) is 3.61. The number of rotatable bonds is 9. The maximum atomic E-state index is 5.26.